The second kappa shape index (κ2) is 13.4. The molecule has 0 spiro atoms. The molecule has 2 amide bonds. The predicted octanol–water partition coefficient (Wildman–Crippen LogP) is 6.17. The number of para-hydroxylation sites is 2. The van der Waals surface area contributed by atoms with Crippen LogP contribution in [0.4, 0.5) is 0 Å². The second-order valence-electron chi connectivity index (χ2n) is 13.2. The van der Waals surface area contributed by atoms with Crippen molar-refractivity contribution < 1.29 is 19.8 Å². The van der Waals surface area contributed by atoms with Gasteiger partial charge in [0.15, 0.2) is 0 Å². The van der Waals surface area contributed by atoms with Crippen molar-refractivity contribution in [3.8, 4) is 11.5 Å². The predicted molar refractivity (Wildman–Crippen MR) is 193 cm³/mol. The lowest BCUT2D eigenvalue weighted by molar-refractivity contribution is 0.0952. The van der Waals surface area contributed by atoms with Crippen LogP contribution in [0.2, 0.25) is 0 Å². The van der Waals surface area contributed by atoms with Crippen LogP contribution in [0, 0.1) is 0 Å². The summed E-state index contributed by atoms with van der Waals surface area (Å²) in [6.07, 6.45) is 4.30. The van der Waals surface area contributed by atoms with Crippen LogP contribution in [0.1, 0.15) is 92.1 Å². The van der Waals surface area contributed by atoms with Crippen molar-refractivity contribution in [3.63, 3.8) is 0 Å². The number of hydrogen-bond acceptors (Lipinski definition) is 6. The number of aromatic nitrogens is 2. The number of aromatic hydroxyl groups is 2. The minimum Gasteiger partial charge on any atom is -0.508 e. The van der Waals surface area contributed by atoms with Crippen LogP contribution in [-0.2, 0) is 13.1 Å². The molecule has 6 aromatic rings. The van der Waals surface area contributed by atoms with E-state index in [1.54, 1.807) is 36.4 Å². The zero-order valence-electron chi connectivity index (χ0n) is 27.6. The summed E-state index contributed by atoms with van der Waals surface area (Å²) in [6.45, 7) is 3.04. The molecule has 8 rings (SSSR count). The lowest BCUT2D eigenvalue weighted by atomic mass is 9.95. The summed E-state index contributed by atoms with van der Waals surface area (Å²) < 4.78 is 0. The molecule has 0 radical (unpaired) electrons. The first-order chi connectivity index (χ1) is 24.5. The maximum atomic E-state index is 12.8. The van der Waals surface area contributed by atoms with E-state index < -0.39 is 0 Å². The van der Waals surface area contributed by atoms with E-state index in [1.807, 2.05) is 36.4 Å². The highest BCUT2D eigenvalue weighted by atomic mass is 16.3. The quantitative estimate of drug-likeness (QED) is 0.0690. The van der Waals surface area contributed by atoms with E-state index in [0.29, 0.717) is 24.2 Å². The van der Waals surface area contributed by atoms with Gasteiger partial charge in [-0.2, -0.15) is 0 Å². The van der Waals surface area contributed by atoms with Gasteiger partial charge in [0.05, 0.1) is 12.1 Å². The molecular formula is C40H40N6O4. The van der Waals surface area contributed by atoms with Crippen molar-refractivity contribution >= 4 is 33.6 Å². The standard InChI is InChI=1S/C40H40N6O4/c47-23-13-15-25-29(19-23)37(45-39(25)49)35-27-9-3-5-11-31(27)43-33(35)21-41-17-7-1-2-8-18-42-22-34-36(28-10-4-6-12-32(28)44-34)38-30-20-24(48)14-16-26(30)40(50)46-38/h3-6,9-16,19-20,37-38,41-44,47-48H,1-2,7-8,17-18,21-22H2,(H,45,49)(H,46,50)/t37-,38-/m0/s1. The molecule has 0 unspecified atom stereocenters. The minimum atomic E-state index is -0.327. The van der Waals surface area contributed by atoms with Gasteiger partial charge in [0, 0.05) is 68.5 Å². The summed E-state index contributed by atoms with van der Waals surface area (Å²) in [5.74, 6) is 0.0451. The van der Waals surface area contributed by atoms with Gasteiger partial charge >= 0.3 is 0 Å². The third-order valence-corrected chi connectivity index (χ3v) is 10.0. The monoisotopic (exact) mass is 668 g/mol. The summed E-state index contributed by atoms with van der Waals surface area (Å²) in [4.78, 5) is 32.6. The molecule has 0 bridgehead atoms. The van der Waals surface area contributed by atoms with Crippen molar-refractivity contribution in [2.45, 2.75) is 50.9 Å². The third-order valence-electron chi connectivity index (χ3n) is 10.0. The lowest BCUT2D eigenvalue weighted by Gasteiger charge is -2.15. The summed E-state index contributed by atoms with van der Waals surface area (Å²) in [5.41, 5.74) is 8.97. The summed E-state index contributed by atoms with van der Waals surface area (Å²) in [5, 5.41) is 35.9. The Morgan fingerprint density at radius 1 is 0.560 bits per heavy atom. The van der Waals surface area contributed by atoms with Crippen LogP contribution < -0.4 is 21.3 Å². The van der Waals surface area contributed by atoms with Gasteiger partial charge in [-0.25, -0.2) is 0 Å². The smallest absolute Gasteiger partial charge is 0.252 e. The van der Waals surface area contributed by atoms with E-state index >= 15 is 0 Å². The van der Waals surface area contributed by atoms with Crippen molar-refractivity contribution in [1.29, 1.82) is 0 Å². The van der Waals surface area contributed by atoms with Crippen LogP contribution in [0.5, 0.6) is 11.5 Å². The number of amides is 2. The van der Waals surface area contributed by atoms with Crippen LogP contribution in [0.15, 0.2) is 84.9 Å². The Labute approximate surface area is 289 Å². The Kier molecular flexibility index (Phi) is 8.48. The number of unbranched alkanes of at least 4 members (excludes halogenated alkanes) is 3. The van der Waals surface area contributed by atoms with Gasteiger partial charge in [0.25, 0.3) is 11.8 Å². The Bertz CT molecular complexity index is 2080. The maximum Gasteiger partial charge on any atom is 0.252 e. The van der Waals surface area contributed by atoms with Gasteiger partial charge in [0.1, 0.15) is 11.5 Å². The van der Waals surface area contributed by atoms with Gasteiger partial charge in [-0.1, -0.05) is 49.2 Å². The molecular weight excluding hydrogens is 628 g/mol. The van der Waals surface area contributed by atoms with Crippen LogP contribution in [0.3, 0.4) is 0 Å². The number of H-pyrrole nitrogens is 2. The van der Waals surface area contributed by atoms with E-state index in [4.69, 9.17) is 0 Å². The number of aromatic amines is 2. The molecule has 2 atom stereocenters. The van der Waals surface area contributed by atoms with E-state index in [0.717, 1.165) is 94.2 Å². The molecule has 2 aromatic heterocycles. The largest absolute Gasteiger partial charge is 0.508 e. The summed E-state index contributed by atoms with van der Waals surface area (Å²) >= 11 is 0. The zero-order chi connectivity index (χ0) is 34.2. The number of carbonyl (C=O) groups is 2. The van der Waals surface area contributed by atoms with E-state index in [2.05, 4.69) is 43.4 Å². The fourth-order valence-corrected chi connectivity index (χ4v) is 7.68. The van der Waals surface area contributed by atoms with Crippen LogP contribution in [0.25, 0.3) is 21.8 Å². The molecule has 0 aliphatic carbocycles. The average Bonchev–Trinajstić information content (AvgIpc) is 3.85. The Morgan fingerprint density at radius 3 is 1.46 bits per heavy atom. The van der Waals surface area contributed by atoms with Crippen LogP contribution >= 0.6 is 0 Å². The number of fused-ring (bicyclic) bond motifs is 4. The van der Waals surface area contributed by atoms with E-state index in [-0.39, 0.29) is 35.4 Å². The summed E-state index contributed by atoms with van der Waals surface area (Å²) in [7, 11) is 0. The number of phenolic OH excluding ortho intramolecular Hbond substituents is 2. The molecule has 4 aromatic carbocycles. The SMILES string of the molecule is O=C1N[C@H](c2c(CNCCCCCCNCc3[nH]c4ccccc4c3[C@H]3NC(=O)c4ccc(O)cc43)[nH]c3ccccc23)c2cc(O)ccc21. The number of hydrogen-bond donors (Lipinski definition) is 8. The second-order valence-corrected chi connectivity index (χ2v) is 13.2. The maximum absolute atomic E-state index is 12.8. The van der Waals surface area contributed by atoms with Crippen molar-refractivity contribution in [3.05, 3.63) is 130 Å². The van der Waals surface area contributed by atoms with Crippen molar-refractivity contribution in [1.82, 2.24) is 31.2 Å². The molecule has 10 heteroatoms. The molecule has 254 valence electrons. The topological polar surface area (TPSA) is 154 Å². The fraction of sp³-hybridized carbons (Fsp3) is 0.250. The normalized spacial score (nSPS) is 16.6. The molecule has 2 aliphatic rings. The van der Waals surface area contributed by atoms with Gasteiger partial charge in [0.2, 0.25) is 0 Å². The summed E-state index contributed by atoms with van der Waals surface area (Å²) in [6, 6.07) is 25.5. The number of phenols is 2. The molecule has 4 heterocycles. The molecule has 50 heavy (non-hydrogen) atoms. The van der Waals surface area contributed by atoms with Gasteiger partial charge in [-0.15, -0.1) is 0 Å². The first-order valence-electron chi connectivity index (χ1n) is 17.3. The number of nitrogens with one attached hydrogen (secondary N) is 6. The van der Waals surface area contributed by atoms with Crippen LogP contribution in [-0.4, -0.2) is 45.1 Å². The highest BCUT2D eigenvalue weighted by Crippen LogP contribution is 2.40. The Balaban J connectivity index is 0.835. The zero-order valence-corrected chi connectivity index (χ0v) is 27.6. The van der Waals surface area contributed by atoms with Gasteiger partial charge in [-0.05, 0) is 85.6 Å². The molecule has 0 fully saturated rings. The van der Waals surface area contributed by atoms with E-state index in [1.165, 1.54) is 0 Å². The van der Waals surface area contributed by atoms with Gasteiger partial charge < -0.3 is 41.4 Å². The van der Waals surface area contributed by atoms with Crippen molar-refractivity contribution in [2.75, 3.05) is 13.1 Å². The highest BCUT2D eigenvalue weighted by Gasteiger charge is 2.34. The number of carbonyl (C=O) groups excluding carboxylic acids is 2. The molecule has 0 saturated heterocycles. The fourth-order valence-electron chi connectivity index (χ4n) is 7.68. The lowest BCUT2D eigenvalue weighted by Crippen LogP contribution is -2.23. The highest BCUT2D eigenvalue weighted by molar-refractivity contribution is 6.02. The third kappa shape index (κ3) is 5.86. The Hall–Kier alpha value is -5.58. The first-order valence-corrected chi connectivity index (χ1v) is 17.3. The molecule has 0 saturated carbocycles. The van der Waals surface area contributed by atoms with Gasteiger partial charge in [-0.3, -0.25) is 9.59 Å². The first kappa shape index (κ1) is 31.7. The minimum absolute atomic E-state index is 0.125. The van der Waals surface area contributed by atoms with Crippen molar-refractivity contribution in [2.24, 2.45) is 0 Å². The molecule has 2 aliphatic heterocycles. The molecule has 10 nitrogen and oxygen atoms in total. The number of rotatable bonds is 13. The molecule has 8 N–H and O–H groups in total. The van der Waals surface area contributed by atoms with E-state index in [9.17, 15) is 19.8 Å². The number of benzene rings is 4. The Morgan fingerprint density at radius 2 is 1.00 bits per heavy atom. The average molecular weight is 669 g/mol.